The van der Waals surface area contributed by atoms with Crippen molar-refractivity contribution in [1.29, 1.82) is 0 Å². The van der Waals surface area contributed by atoms with Crippen LogP contribution in [0, 0.1) is 0 Å². The monoisotopic (exact) mass is 758 g/mol. The van der Waals surface area contributed by atoms with Gasteiger partial charge in [0.2, 0.25) is 0 Å². The van der Waals surface area contributed by atoms with Crippen molar-refractivity contribution in [2.75, 3.05) is 13.2 Å². The second kappa shape index (κ2) is 18.8. The number of allylic oxidation sites excluding steroid dienone is 1. The molecule has 3 aliphatic rings. The normalized spacial score (nSPS) is 32.7. The Labute approximate surface area is 307 Å². The number of carbonyl (C=O) groups excluding carboxylic acids is 7. The number of rotatable bonds is 12. The first-order chi connectivity index (χ1) is 24.7. The quantitative estimate of drug-likeness (QED) is 0.158. The van der Waals surface area contributed by atoms with Crippen LogP contribution >= 0.6 is 0 Å². The average molecular weight is 759 g/mol. The molecule has 0 aromatic carbocycles. The van der Waals surface area contributed by atoms with Gasteiger partial charge < -0.3 is 52.1 Å². The summed E-state index contributed by atoms with van der Waals surface area (Å²) in [6.45, 7) is 12.6. The summed E-state index contributed by atoms with van der Waals surface area (Å²) in [7, 11) is 0. The molecule has 3 fully saturated rings. The molecule has 18 nitrogen and oxygen atoms in total. The second-order valence-corrected chi connectivity index (χ2v) is 13.4. The van der Waals surface area contributed by atoms with Crippen LogP contribution in [0.5, 0.6) is 0 Å². The van der Waals surface area contributed by atoms with E-state index in [9.17, 15) is 33.6 Å². The Balaban J connectivity index is 2.05. The van der Waals surface area contributed by atoms with Crippen molar-refractivity contribution >= 4 is 41.8 Å². The molecule has 2 heterocycles. The van der Waals surface area contributed by atoms with E-state index in [2.05, 4.69) is 0 Å². The van der Waals surface area contributed by atoms with E-state index in [1.54, 1.807) is 6.92 Å². The SMILES string of the molecule is CC(=O)O[C@@H]1[C@@H](OC(C)=O)[C@H](O[C@]2(C)CCC(=C(C)C)C[C@H]2OC(C)=O)O[C@H](CO[C@@H]2OC[C@H](OC(C)=O)[C@H](OC(C)=O)[C@H]2OC(C)=O)[C@H]1OC(C)=O. The molecule has 1 saturated carbocycles. The van der Waals surface area contributed by atoms with Gasteiger partial charge in [-0.25, -0.2) is 0 Å². The van der Waals surface area contributed by atoms with Crippen molar-refractivity contribution in [3.8, 4) is 0 Å². The number of carbonyl (C=O) groups is 7. The maximum atomic E-state index is 12.5. The highest BCUT2D eigenvalue weighted by molar-refractivity contribution is 5.69. The maximum Gasteiger partial charge on any atom is 0.303 e. The summed E-state index contributed by atoms with van der Waals surface area (Å²) in [5, 5.41) is 0. The molecule has 0 spiro atoms. The predicted octanol–water partition coefficient (Wildman–Crippen LogP) is 1.90. The molecule has 11 atom stereocenters. The molecule has 0 aromatic heterocycles. The van der Waals surface area contributed by atoms with Crippen molar-refractivity contribution in [1.82, 2.24) is 0 Å². The van der Waals surface area contributed by atoms with Crippen LogP contribution in [0.3, 0.4) is 0 Å². The highest BCUT2D eigenvalue weighted by atomic mass is 16.8. The Kier molecular flexibility index (Phi) is 15.3. The fraction of sp³-hybridized carbons (Fsp3) is 0.743. The summed E-state index contributed by atoms with van der Waals surface area (Å²) < 4.78 is 63.2. The van der Waals surface area contributed by atoms with E-state index in [-0.39, 0.29) is 6.61 Å². The minimum absolute atomic E-state index is 0.339. The van der Waals surface area contributed by atoms with E-state index >= 15 is 0 Å². The zero-order valence-electron chi connectivity index (χ0n) is 31.7. The van der Waals surface area contributed by atoms with Gasteiger partial charge in [-0.05, 0) is 33.6 Å². The van der Waals surface area contributed by atoms with E-state index in [4.69, 9.17) is 52.1 Å². The van der Waals surface area contributed by atoms with E-state index in [1.807, 2.05) is 13.8 Å². The largest absolute Gasteiger partial charge is 0.459 e. The van der Waals surface area contributed by atoms with Gasteiger partial charge in [0.1, 0.15) is 17.8 Å². The van der Waals surface area contributed by atoms with Gasteiger partial charge in [0, 0.05) is 54.9 Å². The highest BCUT2D eigenvalue weighted by Crippen LogP contribution is 2.41. The standard InChI is InChI=1S/C35H50O18/c1-16(2)24-11-12-35(10,27(13-24)46-18(4)37)53-34-32(51-23(9)42)30(49-21(7)40)28(47-19(5)38)26(52-34)15-44-33-31(50-22(8)41)29(48-20(6)39)25(14-43-33)45-17(3)36/h25-34H,11-15H2,1-10H3/t25-,26+,27+,28+,29-,30-,31+,32+,33-,34-,35+/m0/s1. The lowest BCUT2D eigenvalue weighted by molar-refractivity contribution is -0.348. The van der Waals surface area contributed by atoms with Crippen LogP contribution in [0.15, 0.2) is 11.1 Å². The second-order valence-electron chi connectivity index (χ2n) is 13.4. The fourth-order valence-corrected chi connectivity index (χ4v) is 6.45. The van der Waals surface area contributed by atoms with Crippen molar-refractivity contribution in [2.45, 2.75) is 156 Å². The van der Waals surface area contributed by atoms with E-state index in [0.717, 1.165) is 52.7 Å². The number of hydrogen-bond donors (Lipinski definition) is 0. The minimum Gasteiger partial charge on any atom is -0.459 e. The smallest absolute Gasteiger partial charge is 0.303 e. The first-order valence-corrected chi connectivity index (χ1v) is 17.1. The molecule has 2 saturated heterocycles. The van der Waals surface area contributed by atoms with Crippen molar-refractivity contribution in [3.63, 3.8) is 0 Å². The van der Waals surface area contributed by atoms with E-state index < -0.39 is 115 Å². The van der Waals surface area contributed by atoms with Crippen LogP contribution in [-0.4, -0.2) is 122 Å². The van der Waals surface area contributed by atoms with Gasteiger partial charge in [-0.3, -0.25) is 33.6 Å². The Morgan fingerprint density at radius 2 is 1.08 bits per heavy atom. The molecular formula is C35H50O18. The maximum absolute atomic E-state index is 12.5. The molecule has 18 heteroatoms. The van der Waals surface area contributed by atoms with E-state index in [0.29, 0.717) is 19.3 Å². The number of esters is 7. The molecule has 0 bridgehead atoms. The summed E-state index contributed by atoms with van der Waals surface area (Å²) in [5.41, 5.74) is 0.888. The van der Waals surface area contributed by atoms with Crippen molar-refractivity contribution < 1.29 is 85.7 Å². The Bertz CT molecular complexity index is 1420. The van der Waals surface area contributed by atoms with Gasteiger partial charge in [0.15, 0.2) is 49.2 Å². The molecule has 2 aliphatic heterocycles. The topological polar surface area (TPSA) is 221 Å². The zero-order chi connectivity index (χ0) is 39.8. The lowest BCUT2D eigenvalue weighted by Gasteiger charge is -2.49. The Morgan fingerprint density at radius 3 is 1.58 bits per heavy atom. The lowest BCUT2D eigenvalue weighted by Crippen LogP contribution is -2.65. The van der Waals surface area contributed by atoms with Crippen LogP contribution in [-0.2, 0) is 85.7 Å². The van der Waals surface area contributed by atoms with Crippen molar-refractivity contribution in [2.24, 2.45) is 0 Å². The fourth-order valence-electron chi connectivity index (χ4n) is 6.45. The molecule has 53 heavy (non-hydrogen) atoms. The van der Waals surface area contributed by atoms with Crippen LogP contribution in [0.25, 0.3) is 0 Å². The first-order valence-electron chi connectivity index (χ1n) is 17.1. The molecular weight excluding hydrogens is 708 g/mol. The number of hydrogen-bond acceptors (Lipinski definition) is 18. The minimum atomic E-state index is -1.53. The molecule has 0 radical (unpaired) electrons. The predicted molar refractivity (Wildman–Crippen MR) is 175 cm³/mol. The van der Waals surface area contributed by atoms with Crippen molar-refractivity contribution in [3.05, 3.63) is 11.1 Å². The van der Waals surface area contributed by atoms with Crippen LogP contribution in [0.4, 0.5) is 0 Å². The van der Waals surface area contributed by atoms with Gasteiger partial charge in [-0.2, -0.15) is 0 Å². The molecule has 0 unspecified atom stereocenters. The van der Waals surface area contributed by atoms with E-state index in [1.165, 1.54) is 6.92 Å². The summed E-state index contributed by atoms with van der Waals surface area (Å²) in [6, 6.07) is 0. The molecule has 298 valence electrons. The van der Waals surface area contributed by atoms with Crippen LogP contribution < -0.4 is 0 Å². The summed E-state index contributed by atoms with van der Waals surface area (Å²) in [5.74, 6) is -5.33. The van der Waals surface area contributed by atoms with Gasteiger partial charge in [0.25, 0.3) is 0 Å². The van der Waals surface area contributed by atoms with Gasteiger partial charge in [-0.15, -0.1) is 0 Å². The highest BCUT2D eigenvalue weighted by Gasteiger charge is 2.56. The molecule has 0 N–H and O–H groups in total. The zero-order valence-corrected chi connectivity index (χ0v) is 31.7. The summed E-state index contributed by atoms with van der Waals surface area (Å²) >= 11 is 0. The van der Waals surface area contributed by atoms with Gasteiger partial charge in [0.05, 0.1) is 13.2 Å². The van der Waals surface area contributed by atoms with Gasteiger partial charge >= 0.3 is 41.8 Å². The van der Waals surface area contributed by atoms with Gasteiger partial charge in [-0.1, -0.05) is 11.1 Å². The molecule has 1 aliphatic carbocycles. The number of ether oxygens (including phenoxy) is 11. The van der Waals surface area contributed by atoms with Crippen LogP contribution in [0.1, 0.15) is 88.5 Å². The first kappa shape index (κ1) is 43.3. The average Bonchev–Trinajstić information content (AvgIpc) is 3.01. The summed E-state index contributed by atoms with van der Waals surface area (Å²) in [4.78, 5) is 85.6. The molecule has 0 amide bonds. The third-order valence-electron chi connectivity index (χ3n) is 8.66. The third-order valence-corrected chi connectivity index (χ3v) is 8.66. The lowest BCUT2D eigenvalue weighted by atomic mass is 9.79. The van der Waals surface area contributed by atoms with Crippen LogP contribution in [0.2, 0.25) is 0 Å². The Hall–Kier alpha value is -4.13. The summed E-state index contributed by atoms with van der Waals surface area (Å²) in [6.07, 6.45) is -12.4. The Morgan fingerprint density at radius 1 is 0.604 bits per heavy atom. The molecule has 0 aromatic rings. The third kappa shape index (κ3) is 12.2. The molecule has 3 rings (SSSR count).